The maximum absolute atomic E-state index is 15.1. The van der Waals surface area contributed by atoms with Crippen LogP contribution in [-0.2, 0) is 11.3 Å². The molecule has 1 saturated carbocycles. The first-order chi connectivity index (χ1) is 13.0. The summed E-state index contributed by atoms with van der Waals surface area (Å²) < 4.78 is 22.9. The van der Waals surface area contributed by atoms with Crippen LogP contribution in [0.3, 0.4) is 0 Å². The largest absolute Gasteiger partial charge is 0.369 e. The molecule has 144 valence electrons. The maximum Gasteiger partial charge on any atom is 0.251 e. The molecule has 0 unspecified atom stereocenters. The lowest BCUT2D eigenvalue weighted by atomic mass is 9.90. The molecule has 0 amide bonds. The van der Waals surface area contributed by atoms with Crippen LogP contribution in [0.4, 0.5) is 10.1 Å². The van der Waals surface area contributed by atoms with Gasteiger partial charge in [-0.1, -0.05) is 0 Å². The highest BCUT2D eigenvalue weighted by atomic mass is 19.1. The van der Waals surface area contributed by atoms with Crippen LogP contribution in [0, 0.1) is 12.7 Å². The third-order valence-electron chi connectivity index (χ3n) is 6.13. The lowest BCUT2D eigenvalue weighted by molar-refractivity contribution is -0.0830. The zero-order chi connectivity index (χ0) is 18.8. The van der Waals surface area contributed by atoms with Crippen molar-refractivity contribution in [3.63, 3.8) is 0 Å². The van der Waals surface area contributed by atoms with Gasteiger partial charge in [-0.2, -0.15) is 0 Å². The Hall–Kier alpha value is -1.96. The Labute approximate surface area is 157 Å². The summed E-state index contributed by atoms with van der Waals surface area (Å²) in [6.07, 6.45) is 1.99. The minimum atomic E-state index is -0.255. The van der Waals surface area contributed by atoms with Crippen molar-refractivity contribution in [2.24, 2.45) is 5.73 Å². The number of fused-ring (bicyclic) bond motifs is 1. The van der Waals surface area contributed by atoms with Crippen molar-refractivity contribution in [1.82, 2.24) is 9.88 Å². The Morgan fingerprint density at radius 3 is 2.78 bits per heavy atom. The molecule has 2 saturated heterocycles. The second-order valence-electron chi connectivity index (χ2n) is 8.11. The number of morpholine rings is 1. The lowest BCUT2D eigenvalue weighted by Crippen LogP contribution is -2.70. The van der Waals surface area contributed by atoms with E-state index in [-0.39, 0.29) is 29.6 Å². The normalized spacial score (nSPS) is 21.7. The molecule has 3 N–H and O–H groups in total. The number of nitrogens with two attached hydrogens (primary N) is 1. The first kappa shape index (κ1) is 17.2. The van der Waals surface area contributed by atoms with Crippen molar-refractivity contribution in [3.8, 4) is 0 Å². The summed E-state index contributed by atoms with van der Waals surface area (Å²) in [6.45, 7) is 5.81. The highest BCUT2D eigenvalue weighted by Crippen LogP contribution is 2.42. The Morgan fingerprint density at radius 1 is 1.37 bits per heavy atom. The number of rotatable bonds is 3. The summed E-state index contributed by atoms with van der Waals surface area (Å²) in [7, 11) is 0. The van der Waals surface area contributed by atoms with Crippen LogP contribution in [0.5, 0.6) is 0 Å². The highest BCUT2D eigenvalue weighted by Gasteiger charge is 2.46. The number of ether oxygens (including phenoxy) is 1. The fourth-order valence-electron chi connectivity index (χ4n) is 4.69. The average molecular weight is 372 g/mol. The van der Waals surface area contributed by atoms with Crippen LogP contribution in [0.1, 0.15) is 30.0 Å². The van der Waals surface area contributed by atoms with Crippen LogP contribution < -0.4 is 21.5 Å². The third kappa shape index (κ3) is 2.60. The van der Waals surface area contributed by atoms with Gasteiger partial charge < -0.3 is 25.3 Å². The standard InChI is InChI=1S/C20H25FN4O2/c1-12-18-15(13(8-22)6-17(26)25(18)14-2-3-14)7-16(21)19(12)24-10-20(11-24)9-23-4-5-27-20/h6-7,14,23H,2-5,8-11,22H2,1H3. The summed E-state index contributed by atoms with van der Waals surface area (Å²) in [6, 6.07) is 3.35. The zero-order valence-electron chi connectivity index (χ0n) is 15.6. The lowest BCUT2D eigenvalue weighted by Gasteiger charge is -2.53. The molecule has 1 aromatic heterocycles. The summed E-state index contributed by atoms with van der Waals surface area (Å²) in [4.78, 5) is 14.7. The molecule has 1 spiro atoms. The molecule has 0 bridgehead atoms. The molecule has 7 heteroatoms. The number of aromatic nitrogens is 1. The molecule has 3 aliphatic rings. The Balaban J connectivity index is 1.64. The number of pyridine rings is 1. The quantitative estimate of drug-likeness (QED) is 0.853. The minimum Gasteiger partial charge on any atom is -0.369 e. The van der Waals surface area contributed by atoms with E-state index in [1.54, 1.807) is 12.1 Å². The van der Waals surface area contributed by atoms with Gasteiger partial charge in [0.05, 0.1) is 30.9 Å². The van der Waals surface area contributed by atoms with Gasteiger partial charge in [-0.25, -0.2) is 4.39 Å². The third-order valence-corrected chi connectivity index (χ3v) is 6.13. The predicted molar refractivity (Wildman–Crippen MR) is 103 cm³/mol. The fourth-order valence-corrected chi connectivity index (χ4v) is 4.69. The molecule has 6 nitrogen and oxygen atoms in total. The molecule has 2 aliphatic heterocycles. The van der Waals surface area contributed by atoms with Crippen molar-refractivity contribution in [2.45, 2.75) is 38.0 Å². The summed E-state index contributed by atoms with van der Waals surface area (Å²) in [5.41, 5.74) is 8.55. The van der Waals surface area contributed by atoms with E-state index in [0.717, 1.165) is 42.4 Å². The molecule has 1 aromatic carbocycles. The van der Waals surface area contributed by atoms with Gasteiger partial charge in [0, 0.05) is 37.1 Å². The number of anilines is 1. The Kier molecular flexibility index (Phi) is 3.83. The number of nitrogens with one attached hydrogen (secondary N) is 1. The summed E-state index contributed by atoms with van der Waals surface area (Å²) in [5, 5.41) is 4.12. The monoisotopic (exact) mass is 372 g/mol. The van der Waals surface area contributed by atoms with Gasteiger partial charge in [-0.15, -0.1) is 0 Å². The summed E-state index contributed by atoms with van der Waals surface area (Å²) in [5.74, 6) is -0.255. The van der Waals surface area contributed by atoms with E-state index < -0.39 is 0 Å². The molecule has 2 aromatic rings. The van der Waals surface area contributed by atoms with Gasteiger partial charge in [0.1, 0.15) is 11.4 Å². The molecule has 3 heterocycles. The van der Waals surface area contributed by atoms with E-state index in [4.69, 9.17) is 10.5 Å². The second-order valence-corrected chi connectivity index (χ2v) is 8.11. The summed E-state index contributed by atoms with van der Waals surface area (Å²) >= 11 is 0. The van der Waals surface area contributed by atoms with Gasteiger partial charge >= 0.3 is 0 Å². The van der Waals surface area contributed by atoms with E-state index in [9.17, 15) is 4.79 Å². The second kappa shape index (κ2) is 6.02. The topological polar surface area (TPSA) is 72.5 Å². The van der Waals surface area contributed by atoms with Crippen molar-refractivity contribution >= 4 is 16.6 Å². The van der Waals surface area contributed by atoms with Crippen molar-refractivity contribution < 1.29 is 9.13 Å². The van der Waals surface area contributed by atoms with Crippen LogP contribution in [0.25, 0.3) is 10.9 Å². The molecular weight excluding hydrogens is 347 g/mol. The first-order valence-electron chi connectivity index (χ1n) is 9.70. The number of aryl methyl sites for hydroxylation is 1. The average Bonchev–Trinajstić information content (AvgIpc) is 3.46. The van der Waals surface area contributed by atoms with E-state index >= 15 is 4.39 Å². The molecule has 0 radical (unpaired) electrons. The first-order valence-corrected chi connectivity index (χ1v) is 9.70. The van der Waals surface area contributed by atoms with Crippen LogP contribution in [0.15, 0.2) is 16.9 Å². The van der Waals surface area contributed by atoms with Crippen LogP contribution >= 0.6 is 0 Å². The molecule has 3 fully saturated rings. The van der Waals surface area contributed by atoms with Crippen molar-refractivity contribution in [1.29, 1.82) is 0 Å². The number of nitrogens with zero attached hydrogens (tertiary/aromatic N) is 2. The van der Waals surface area contributed by atoms with E-state index in [0.29, 0.717) is 30.9 Å². The van der Waals surface area contributed by atoms with Crippen molar-refractivity contribution in [2.75, 3.05) is 37.7 Å². The number of benzene rings is 1. The van der Waals surface area contributed by atoms with E-state index in [1.807, 2.05) is 16.4 Å². The molecule has 5 rings (SSSR count). The number of hydrogen-bond acceptors (Lipinski definition) is 5. The van der Waals surface area contributed by atoms with E-state index in [2.05, 4.69) is 5.32 Å². The SMILES string of the molecule is Cc1c(N2CC3(CNCCO3)C2)c(F)cc2c(CN)cc(=O)n(C3CC3)c12. The Bertz CT molecular complexity index is 968. The highest BCUT2D eigenvalue weighted by molar-refractivity contribution is 5.90. The van der Waals surface area contributed by atoms with Crippen LogP contribution in [-0.4, -0.2) is 43.0 Å². The molecular formula is C20H25FN4O2. The minimum absolute atomic E-state index is 0.0361. The van der Waals surface area contributed by atoms with Crippen LogP contribution in [0.2, 0.25) is 0 Å². The van der Waals surface area contributed by atoms with Gasteiger partial charge in [-0.05, 0) is 37.0 Å². The molecule has 27 heavy (non-hydrogen) atoms. The van der Waals surface area contributed by atoms with Gasteiger partial charge in [0.25, 0.3) is 5.56 Å². The molecule has 0 atom stereocenters. The van der Waals surface area contributed by atoms with E-state index in [1.165, 1.54) is 0 Å². The Morgan fingerprint density at radius 2 is 2.15 bits per heavy atom. The van der Waals surface area contributed by atoms with Crippen molar-refractivity contribution in [3.05, 3.63) is 39.4 Å². The maximum atomic E-state index is 15.1. The van der Waals surface area contributed by atoms with Gasteiger partial charge in [0.2, 0.25) is 0 Å². The smallest absolute Gasteiger partial charge is 0.251 e. The van der Waals surface area contributed by atoms with Gasteiger partial charge in [-0.3, -0.25) is 4.79 Å². The number of hydrogen-bond donors (Lipinski definition) is 2. The zero-order valence-corrected chi connectivity index (χ0v) is 15.6. The predicted octanol–water partition coefficient (Wildman–Crippen LogP) is 1.42. The fraction of sp³-hybridized carbons (Fsp3) is 0.550. The van der Waals surface area contributed by atoms with Gasteiger partial charge in [0.15, 0.2) is 0 Å². The molecule has 1 aliphatic carbocycles. The number of halogens is 1.